The van der Waals surface area contributed by atoms with E-state index in [-0.39, 0.29) is 5.91 Å². The summed E-state index contributed by atoms with van der Waals surface area (Å²) in [6.07, 6.45) is 0. The average molecular weight is 263 g/mol. The minimum atomic E-state index is 0.0621. The van der Waals surface area contributed by atoms with Crippen LogP contribution in [0.1, 0.15) is 12.7 Å². The van der Waals surface area contributed by atoms with Crippen LogP contribution in [0.15, 0.2) is 11.3 Å². The lowest BCUT2D eigenvalue weighted by Crippen LogP contribution is -2.43. The number of fused-ring (bicyclic) bond motifs is 1. The largest absolute Gasteiger partial charge is 0.378 e. The third kappa shape index (κ3) is 2.21. The highest BCUT2D eigenvalue weighted by Crippen LogP contribution is 2.21. The van der Waals surface area contributed by atoms with Crippen molar-refractivity contribution in [2.75, 3.05) is 31.6 Å². The highest BCUT2D eigenvalue weighted by molar-refractivity contribution is 5.95. The van der Waals surface area contributed by atoms with E-state index in [0.29, 0.717) is 44.6 Å². The van der Waals surface area contributed by atoms with Crippen molar-refractivity contribution < 1.29 is 9.53 Å². The Labute approximate surface area is 111 Å². The number of carbonyl (C=O) groups is 1. The molecule has 1 fully saturated rings. The molecule has 0 atom stereocenters. The summed E-state index contributed by atoms with van der Waals surface area (Å²) in [5, 5.41) is 7.42. The highest BCUT2D eigenvalue weighted by atomic mass is 16.5. The van der Waals surface area contributed by atoms with Gasteiger partial charge in [-0.15, -0.1) is 0 Å². The smallest absolute Gasteiger partial charge is 0.253 e. The third-order valence-corrected chi connectivity index (χ3v) is 3.39. The van der Waals surface area contributed by atoms with Gasteiger partial charge in [0.25, 0.3) is 5.91 Å². The van der Waals surface area contributed by atoms with Gasteiger partial charge >= 0.3 is 0 Å². The van der Waals surface area contributed by atoms with Crippen LogP contribution in [-0.2, 0) is 16.1 Å². The molecule has 0 spiro atoms. The molecule has 2 aliphatic rings. The number of aromatic nitrogens is 3. The first-order valence-corrected chi connectivity index (χ1v) is 6.40. The molecule has 7 heteroatoms. The first kappa shape index (κ1) is 12.2. The number of nitrogens with one attached hydrogen (secondary N) is 1. The van der Waals surface area contributed by atoms with Crippen LogP contribution in [0.4, 0.5) is 5.95 Å². The first-order chi connectivity index (χ1) is 9.15. The number of rotatable bonds is 1. The molecular formula is C12H17N5O2. The van der Waals surface area contributed by atoms with Crippen molar-refractivity contribution in [2.45, 2.75) is 20.4 Å². The van der Waals surface area contributed by atoms with Crippen LogP contribution in [0.3, 0.4) is 0 Å². The second-order valence-electron chi connectivity index (χ2n) is 4.77. The molecule has 1 N–H and O–H groups in total. The SMILES string of the molecule is CC1=C(C(=O)N2CCOCC2)Cn2nc(C)nc2N1. The van der Waals surface area contributed by atoms with E-state index < -0.39 is 0 Å². The van der Waals surface area contributed by atoms with Gasteiger partial charge in [0, 0.05) is 18.8 Å². The number of aryl methyl sites for hydroxylation is 1. The summed E-state index contributed by atoms with van der Waals surface area (Å²) in [5.41, 5.74) is 1.61. The molecule has 1 aromatic rings. The maximum absolute atomic E-state index is 12.5. The summed E-state index contributed by atoms with van der Waals surface area (Å²) < 4.78 is 7.00. The Morgan fingerprint density at radius 3 is 2.79 bits per heavy atom. The van der Waals surface area contributed by atoms with Gasteiger partial charge in [0.1, 0.15) is 5.82 Å². The zero-order chi connectivity index (χ0) is 13.4. The molecule has 2 aliphatic heterocycles. The zero-order valence-electron chi connectivity index (χ0n) is 11.1. The van der Waals surface area contributed by atoms with E-state index in [9.17, 15) is 4.79 Å². The van der Waals surface area contributed by atoms with Gasteiger partial charge in [-0.2, -0.15) is 10.1 Å². The number of allylic oxidation sites excluding steroid dienone is 1. The minimum absolute atomic E-state index is 0.0621. The Bertz CT molecular complexity index is 542. The summed E-state index contributed by atoms with van der Waals surface area (Å²) in [6.45, 7) is 6.74. The van der Waals surface area contributed by atoms with E-state index in [1.54, 1.807) is 4.68 Å². The number of hydrogen-bond acceptors (Lipinski definition) is 5. The van der Waals surface area contributed by atoms with Gasteiger partial charge in [-0.3, -0.25) is 4.79 Å². The maximum atomic E-state index is 12.5. The van der Waals surface area contributed by atoms with E-state index >= 15 is 0 Å². The number of anilines is 1. The summed E-state index contributed by atoms with van der Waals surface area (Å²) in [7, 11) is 0. The van der Waals surface area contributed by atoms with E-state index in [2.05, 4.69) is 15.4 Å². The molecule has 1 saturated heterocycles. The zero-order valence-corrected chi connectivity index (χ0v) is 11.1. The second kappa shape index (κ2) is 4.65. The second-order valence-corrected chi connectivity index (χ2v) is 4.77. The summed E-state index contributed by atoms with van der Waals surface area (Å²) in [5.74, 6) is 1.47. The molecule has 3 heterocycles. The monoisotopic (exact) mass is 263 g/mol. The number of hydrogen-bond donors (Lipinski definition) is 1. The van der Waals surface area contributed by atoms with Crippen LogP contribution in [0.5, 0.6) is 0 Å². The summed E-state index contributed by atoms with van der Waals surface area (Å²) >= 11 is 0. The van der Waals surface area contributed by atoms with E-state index in [1.165, 1.54) is 0 Å². The fraction of sp³-hybridized carbons (Fsp3) is 0.583. The fourth-order valence-electron chi connectivity index (χ4n) is 2.35. The van der Waals surface area contributed by atoms with E-state index in [4.69, 9.17) is 4.74 Å². The molecule has 1 amide bonds. The van der Waals surface area contributed by atoms with Gasteiger partial charge < -0.3 is 15.0 Å². The molecule has 1 aromatic heterocycles. The topological polar surface area (TPSA) is 72.3 Å². The lowest BCUT2D eigenvalue weighted by molar-refractivity contribution is -0.131. The van der Waals surface area contributed by atoms with Crippen LogP contribution < -0.4 is 5.32 Å². The third-order valence-electron chi connectivity index (χ3n) is 3.39. The molecular weight excluding hydrogens is 246 g/mol. The van der Waals surface area contributed by atoms with Crippen molar-refractivity contribution in [1.29, 1.82) is 0 Å². The number of amides is 1. The standard InChI is InChI=1S/C12H17N5O2/c1-8-10(11(18)16-3-5-19-6-4-16)7-17-12(13-8)14-9(2)15-17/h3-7H2,1-2H3,(H,13,14,15). The predicted octanol–water partition coefficient (Wildman–Crippen LogP) is 0.145. The Morgan fingerprint density at radius 1 is 1.32 bits per heavy atom. The number of morpholine rings is 1. The van der Waals surface area contributed by atoms with Crippen molar-refractivity contribution in [1.82, 2.24) is 19.7 Å². The molecule has 102 valence electrons. The first-order valence-electron chi connectivity index (χ1n) is 6.40. The van der Waals surface area contributed by atoms with Crippen molar-refractivity contribution in [3.63, 3.8) is 0 Å². The van der Waals surface area contributed by atoms with Gasteiger partial charge in [-0.05, 0) is 13.8 Å². The average Bonchev–Trinajstić information content (AvgIpc) is 2.77. The Balaban J connectivity index is 1.82. The van der Waals surface area contributed by atoms with Crippen LogP contribution >= 0.6 is 0 Å². The van der Waals surface area contributed by atoms with Crippen LogP contribution in [-0.4, -0.2) is 51.9 Å². The van der Waals surface area contributed by atoms with Gasteiger partial charge in [0.15, 0.2) is 0 Å². The van der Waals surface area contributed by atoms with Crippen LogP contribution in [0.2, 0.25) is 0 Å². The molecule has 0 aromatic carbocycles. The molecule has 19 heavy (non-hydrogen) atoms. The molecule has 3 rings (SSSR count). The fourth-order valence-corrected chi connectivity index (χ4v) is 2.35. The van der Waals surface area contributed by atoms with Crippen molar-refractivity contribution in [3.8, 4) is 0 Å². The van der Waals surface area contributed by atoms with Crippen LogP contribution in [0, 0.1) is 6.92 Å². The number of ether oxygens (including phenoxy) is 1. The molecule has 0 aliphatic carbocycles. The Hall–Kier alpha value is -1.89. The van der Waals surface area contributed by atoms with Crippen molar-refractivity contribution in [2.24, 2.45) is 0 Å². The van der Waals surface area contributed by atoms with Gasteiger partial charge in [0.05, 0.1) is 25.3 Å². The lowest BCUT2D eigenvalue weighted by Gasteiger charge is -2.29. The van der Waals surface area contributed by atoms with Gasteiger partial charge in [-0.1, -0.05) is 0 Å². The van der Waals surface area contributed by atoms with Crippen LogP contribution in [0.25, 0.3) is 0 Å². The van der Waals surface area contributed by atoms with E-state index in [1.807, 2.05) is 18.7 Å². The van der Waals surface area contributed by atoms with E-state index in [0.717, 1.165) is 11.3 Å². The molecule has 7 nitrogen and oxygen atoms in total. The predicted molar refractivity (Wildman–Crippen MR) is 68.5 cm³/mol. The molecule has 0 bridgehead atoms. The van der Waals surface area contributed by atoms with Gasteiger partial charge in [-0.25, -0.2) is 4.68 Å². The highest BCUT2D eigenvalue weighted by Gasteiger charge is 2.27. The summed E-state index contributed by atoms with van der Waals surface area (Å²) in [4.78, 5) is 18.6. The molecule has 0 saturated carbocycles. The van der Waals surface area contributed by atoms with Gasteiger partial charge in [0.2, 0.25) is 5.95 Å². The molecule has 0 unspecified atom stereocenters. The van der Waals surface area contributed by atoms with Crippen molar-refractivity contribution in [3.05, 3.63) is 17.1 Å². The lowest BCUT2D eigenvalue weighted by atomic mass is 10.1. The normalized spacial score (nSPS) is 19.2. The number of carbonyl (C=O) groups excluding carboxylic acids is 1. The number of nitrogens with zero attached hydrogens (tertiary/aromatic N) is 4. The Kier molecular flexibility index (Phi) is 2.98. The summed E-state index contributed by atoms with van der Waals surface area (Å²) in [6, 6.07) is 0. The minimum Gasteiger partial charge on any atom is -0.378 e. The Morgan fingerprint density at radius 2 is 2.05 bits per heavy atom. The maximum Gasteiger partial charge on any atom is 0.253 e. The van der Waals surface area contributed by atoms with Crippen molar-refractivity contribution >= 4 is 11.9 Å². The molecule has 0 radical (unpaired) electrons. The quantitative estimate of drug-likeness (QED) is 0.780.